The van der Waals surface area contributed by atoms with Gasteiger partial charge in [0.15, 0.2) is 0 Å². The maximum Gasteiger partial charge on any atom is 0.286 e. The van der Waals surface area contributed by atoms with Crippen LogP contribution in [0.3, 0.4) is 0 Å². The average Bonchev–Trinajstić information content (AvgIpc) is 3.15. The molecule has 0 N–H and O–H groups in total. The summed E-state index contributed by atoms with van der Waals surface area (Å²) in [6.07, 6.45) is 6.86. The van der Waals surface area contributed by atoms with Crippen molar-refractivity contribution < 1.29 is 9.63 Å². The Kier molecular flexibility index (Phi) is 2.46. The predicted octanol–water partition coefficient (Wildman–Crippen LogP) is 3.01. The fourth-order valence-corrected chi connectivity index (χ4v) is 3.58. The third-order valence-electron chi connectivity index (χ3n) is 4.77. The van der Waals surface area contributed by atoms with Crippen molar-refractivity contribution >= 4 is 5.91 Å². The fourth-order valence-electron chi connectivity index (χ4n) is 3.58. The van der Waals surface area contributed by atoms with E-state index in [4.69, 9.17) is 4.84 Å². The van der Waals surface area contributed by atoms with Gasteiger partial charge in [0.2, 0.25) is 5.60 Å². The molecule has 1 amide bonds. The van der Waals surface area contributed by atoms with Gasteiger partial charge in [-0.15, -0.1) is 0 Å². The molecule has 4 rings (SSSR count). The molecular weight excluding hydrogens is 238 g/mol. The molecule has 2 aliphatic carbocycles. The van der Waals surface area contributed by atoms with E-state index in [1.54, 1.807) is 5.06 Å². The van der Waals surface area contributed by atoms with Gasteiger partial charge in [0, 0.05) is 5.92 Å². The summed E-state index contributed by atoms with van der Waals surface area (Å²) in [6, 6.07) is 10.4. The van der Waals surface area contributed by atoms with Gasteiger partial charge in [-0.1, -0.05) is 43.2 Å². The van der Waals surface area contributed by atoms with Crippen LogP contribution in [0.1, 0.15) is 44.1 Å². The SMILES string of the molecule is O=C1N(C2CCCC2)OC1(c1ccccc1)C1CC1. The molecule has 1 unspecified atom stereocenters. The summed E-state index contributed by atoms with van der Waals surface area (Å²) in [5.74, 6) is 0.591. The highest BCUT2D eigenvalue weighted by Gasteiger charge is 2.65. The topological polar surface area (TPSA) is 29.5 Å². The van der Waals surface area contributed by atoms with E-state index in [0.29, 0.717) is 12.0 Å². The van der Waals surface area contributed by atoms with Crippen molar-refractivity contribution in [1.29, 1.82) is 0 Å². The van der Waals surface area contributed by atoms with Gasteiger partial charge in [0.05, 0.1) is 6.04 Å². The first-order valence-electron chi connectivity index (χ1n) is 7.40. The number of hydroxylamine groups is 2. The molecule has 1 atom stereocenters. The van der Waals surface area contributed by atoms with Crippen molar-refractivity contribution in [2.45, 2.75) is 50.2 Å². The molecule has 1 aromatic rings. The highest BCUT2D eigenvalue weighted by Crippen LogP contribution is 2.55. The first kappa shape index (κ1) is 11.5. The molecule has 3 heteroatoms. The van der Waals surface area contributed by atoms with Crippen LogP contribution in [0.5, 0.6) is 0 Å². The molecule has 1 aromatic carbocycles. The average molecular weight is 257 g/mol. The molecule has 1 saturated heterocycles. The van der Waals surface area contributed by atoms with E-state index in [9.17, 15) is 4.79 Å². The minimum atomic E-state index is -0.649. The van der Waals surface area contributed by atoms with Crippen LogP contribution >= 0.6 is 0 Å². The lowest BCUT2D eigenvalue weighted by atomic mass is 9.85. The van der Waals surface area contributed by atoms with Crippen molar-refractivity contribution in [1.82, 2.24) is 5.06 Å². The van der Waals surface area contributed by atoms with E-state index < -0.39 is 5.60 Å². The number of carbonyl (C=O) groups is 1. The van der Waals surface area contributed by atoms with Crippen molar-refractivity contribution in [2.24, 2.45) is 5.92 Å². The molecule has 100 valence electrons. The van der Waals surface area contributed by atoms with Gasteiger partial charge in [-0.25, -0.2) is 9.90 Å². The summed E-state index contributed by atoms with van der Waals surface area (Å²) in [7, 11) is 0. The highest BCUT2D eigenvalue weighted by molar-refractivity contribution is 5.90. The van der Waals surface area contributed by atoms with Crippen LogP contribution < -0.4 is 0 Å². The Labute approximate surface area is 113 Å². The van der Waals surface area contributed by atoms with Gasteiger partial charge in [0.1, 0.15) is 0 Å². The number of nitrogens with zero attached hydrogens (tertiary/aromatic N) is 1. The summed E-state index contributed by atoms with van der Waals surface area (Å²) < 4.78 is 0. The Hall–Kier alpha value is -1.35. The maximum atomic E-state index is 12.8. The van der Waals surface area contributed by atoms with Gasteiger partial charge in [0.25, 0.3) is 5.91 Å². The second-order valence-electron chi connectivity index (χ2n) is 6.04. The minimum absolute atomic E-state index is 0.202. The lowest BCUT2D eigenvalue weighted by Crippen LogP contribution is -2.65. The molecule has 0 radical (unpaired) electrons. The van der Waals surface area contributed by atoms with Crippen LogP contribution in [0.25, 0.3) is 0 Å². The molecule has 19 heavy (non-hydrogen) atoms. The number of carbonyl (C=O) groups excluding carboxylic acids is 1. The lowest BCUT2D eigenvalue weighted by molar-refractivity contribution is -0.333. The van der Waals surface area contributed by atoms with Crippen molar-refractivity contribution in [3.8, 4) is 0 Å². The van der Waals surface area contributed by atoms with Gasteiger partial charge in [-0.3, -0.25) is 4.79 Å². The summed E-state index contributed by atoms with van der Waals surface area (Å²) in [4.78, 5) is 18.9. The second-order valence-corrected chi connectivity index (χ2v) is 6.04. The van der Waals surface area contributed by atoms with Crippen LogP contribution in [-0.4, -0.2) is 17.0 Å². The van der Waals surface area contributed by atoms with Gasteiger partial charge >= 0.3 is 0 Å². The highest BCUT2D eigenvalue weighted by atomic mass is 16.8. The third-order valence-corrected chi connectivity index (χ3v) is 4.77. The van der Waals surface area contributed by atoms with E-state index in [1.165, 1.54) is 12.8 Å². The van der Waals surface area contributed by atoms with Crippen molar-refractivity contribution in [2.75, 3.05) is 0 Å². The van der Waals surface area contributed by atoms with E-state index in [-0.39, 0.29) is 5.91 Å². The van der Waals surface area contributed by atoms with Crippen molar-refractivity contribution in [3.63, 3.8) is 0 Å². The predicted molar refractivity (Wildman–Crippen MR) is 71.0 cm³/mol. The number of benzene rings is 1. The van der Waals surface area contributed by atoms with E-state index in [0.717, 1.165) is 31.2 Å². The summed E-state index contributed by atoms with van der Waals surface area (Å²) >= 11 is 0. The summed E-state index contributed by atoms with van der Waals surface area (Å²) in [5.41, 5.74) is 0.390. The fraction of sp³-hybridized carbons (Fsp3) is 0.562. The van der Waals surface area contributed by atoms with Gasteiger partial charge < -0.3 is 0 Å². The molecule has 1 heterocycles. The molecule has 2 saturated carbocycles. The largest absolute Gasteiger partial charge is 0.286 e. The maximum absolute atomic E-state index is 12.8. The zero-order valence-electron chi connectivity index (χ0n) is 11.0. The molecule has 3 nitrogen and oxygen atoms in total. The standard InChI is InChI=1S/C16H19NO2/c18-15-16(13-10-11-13,12-6-2-1-3-7-12)19-17(15)14-8-4-5-9-14/h1-3,6-7,13-14H,4-5,8-11H2. The van der Waals surface area contributed by atoms with Crippen molar-refractivity contribution in [3.05, 3.63) is 35.9 Å². The number of amides is 1. The molecule has 0 aromatic heterocycles. The molecule has 0 spiro atoms. The molecule has 0 bridgehead atoms. The van der Waals surface area contributed by atoms with Crippen LogP contribution in [0.15, 0.2) is 30.3 Å². The Morgan fingerprint density at radius 1 is 1.05 bits per heavy atom. The van der Waals surface area contributed by atoms with Crippen LogP contribution in [0.4, 0.5) is 0 Å². The second kappa shape index (κ2) is 4.07. The Morgan fingerprint density at radius 3 is 2.32 bits per heavy atom. The monoisotopic (exact) mass is 257 g/mol. The van der Waals surface area contributed by atoms with Gasteiger partial charge in [-0.2, -0.15) is 0 Å². The summed E-state index contributed by atoms with van der Waals surface area (Å²) in [6.45, 7) is 0. The molecule has 3 aliphatic rings. The Bertz CT molecular complexity index is 491. The lowest BCUT2D eigenvalue weighted by Gasteiger charge is -2.50. The first-order valence-corrected chi connectivity index (χ1v) is 7.40. The van der Waals surface area contributed by atoms with Crippen LogP contribution in [0, 0.1) is 5.92 Å². The Morgan fingerprint density at radius 2 is 1.74 bits per heavy atom. The minimum Gasteiger partial charge on any atom is -0.269 e. The van der Waals surface area contributed by atoms with E-state index in [1.807, 2.05) is 30.3 Å². The molecule has 1 aliphatic heterocycles. The Balaban J connectivity index is 1.63. The zero-order chi connectivity index (χ0) is 12.9. The molecular formula is C16H19NO2. The van der Waals surface area contributed by atoms with Crippen LogP contribution in [0.2, 0.25) is 0 Å². The molecule has 3 fully saturated rings. The first-order chi connectivity index (χ1) is 9.32. The summed E-state index contributed by atoms with van der Waals surface area (Å²) in [5, 5.41) is 1.68. The number of rotatable bonds is 3. The smallest absolute Gasteiger partial charge is 0.269 e. The van der Waals surface area contributed by atoms with E-state index in [2.05, 4.69) is 0 Å². The number of hydrogen-bond donors (Lipinski definition) is 0. The van der Waals surface area contributed by atoms with E-state index >= 15 is 0 Å². The number of hydrogen-bond acceptors (Lipinski definition) is 2. The zero-order valence-corrected chi connectivity index (χ0v) is 11.0. The third kappa shape index (κ3) is 1.57. The van der Waals surface area contributed by atoms with Gasteiger partial charge in [-0.05, 0) is 31.2 Å². The quantitative estimate of drug-likeness (QED) is 0.833. The van der Waals surface area contributed by atoms with Crippen LogP contribution in [-0.2, 0) is 15.2 Å². The normalized spacial score (nSPS) is 31.6.